The first kappa shape index (κ1) is 23.6. The molecule has 34 heavy (non-hydrogen) atoms. The standard InChI is InChI=1S/C26H23F2NO4S/c1-14(2)23(30)21-22(19-6-4-5-7-20(19)33-26(27)28)29(25(32)24(21)31)18-10-8-16(9-11-18)17-12-15(3)34-13-17/h4-14,22,26,31H,1-3H3. The second-order valence-corrected chi connectivity index (χ2v) is 9.38. The Balaban J connectivity index is 1.83. The van der Waals surface area contributed by atoms with Crippen LogP contribution in [0.15, 0.2) is 71.3 Å². The molecule has 5 nitrogen and oxygen atoms in total. The fourth-order valence-corrected chi connectivity index (χ4v) is 4.76. The number of carbonyl (C=O) groups excluding carboxylic acids is 2. The zero-order chi connectivity index (χ0) is 24.6. The third-order valence-electron chi connectivity index (χ3n) is 5.64. The van der Waals surface area contributed by atoms with Gasteiger partial charge in [-0.1, -0.05) is 44.2 Å². The Morgan fingerprint density at radius 3 is 2.35 bits per heavy atom. The number of hydrogen-bond acceptors (Lipinski definition) is 5. The van der Waals surface area contributed by atoms with E-state index in [4.69, 9.17) is 4.74 Å². The van der Waals surface area contributed by atoms with Crippen LogP contribution in [0.5, 0.6) is 5.75 Å². The van der Waals surface area contributed by atoms with Gasteiger partial charge < -0.3 is 9.84 Å². The number of alkyl halides is 2. The molecule has 1 aliphatic rings. The third kappa shape index (κ3) is 4.33. The van der Waals surface area contributed by atoms with E-state index in [2.05, 4.69) is 0 Å². The lowest BCUT2D eigenvalue weighted by Crippen LogP contribution is -2.31. The van der Waals surface area contributed by atoms with Crippen LogP contribution < -0.4 is 9.64 Å². The van der Waals surface area contributed by atoms with Crippen LogP contribution in [0.2, 0.25) is 0 Å². The molecule has 0 bridgehead atoms. The zero-order valence-electron chi connectivity index (χ0n) is 18.8. The van der Waals surface area contributed by atoms with E-state index >= 15 is 0 Å². The number of aryl methyl sites for hydroxylation is 1. The highest BCUT2D eigenvalue weighted by Crippen LogP contribution is 2.45. The van der Waals surface area contributed by atoms with Crippen molar-refractivity contribution in [3.05, 3.63) is 81.8 Å². The quantitative estimate of drug-likeness (QED) is 0.419. The molecule has 8 heteroatoms. The molecule has 1 aliphatic heterocycles. The van der Waals surface area contributed by atoms with E-state index in [1.165, 1.54) is 23.1 Å². The van der Waals surface area contributed by atoms with Gasteiger partial charge in [0.05, 0.1) is 11.6 Å². The topological polar surface area (TPSA) is 66.8 Å². The molecular weight excluding hydrogens is 460 g/mol. The first-order valence-corrected chi connectivity index (χ1v) is 11.6. The lowest BCUT2D eigenvalue weighted by molar-refractivity contribution is -0.119. The minimum absolute atomic E-state index is 0.136. The number of nitrogens with zero attached hydrogens (tertiary/aromatic N) is 1. The van der Waals surface area contributed by atoms with Crippen molar-refractivity contribution < 1.29 is 28.2 Å². The Bertz CT molecular complexity index is 1260. The molecule has 0 saturated heterocycles. The largest absolute Gasteiger partial charge is 0.503 e. The fourth-order valence-electron chi connectivity index (χ4n) is 4.05. The van der Waals surface area contributed by atoms with Crippen LogP contribution in [-0.4, -0.2) is 23.4 Å². The van der Waals surface area contributed by atoms with Gasteiger partial charge in [-0.25, -0.2) is 0 Å². The number of amides is 1. The average molecular weight is 484 g/mol. The molecule has 0 aliphatic carbocycles. The first-order valence-electron chi connectivity index (χ1n) is 10.7. The summed E-state index contributed by atoms with van der Waals surface area (Å²) in [5.74, 6) is -2.61. The molecular formula is C26H23F2NO4S. The van der Waals surface area contributed by atoms with Gasteiger partial charge >= 0.3 is 6.61 Å². The van der Waals surface area contributed by atoms with Gasteiger partial charge in [0.1, 0.15) is 5.75 Å². The van der Waals surface area contributed by atoms with Crippen LogP contribution in [0.3, 0.4) is 0 Å². The lowest BCUT2D eigenvalue weighted by Gasteiger charge is -2.28. The number of carbonyl (C=O) groups is 2. The maximum Gasteiger partial charge on any atom is 0.387 e. The summed E-state index contributed by atoms with van der Waals surface area (Å²) in [6.45, 7) is 2.20. The van der Waals surface area contributed by atoms with Crippen LogP contribution in [0.25, 0.3) is 11.1 Å². The van der Waals surface area contributed by atoms with Crippen molar-refractivity contribution in [3.8, 4) is 16.9 Å². The fraction of sp³-hybridized carbons (Fsp3) is 0.231. The van der Waals surface area contributed by atoms with E-state index in [1.807, 2.05) is 30.5 Å². The molecule has 0 spiro atoms. The van der Waals surface area contributed by atoms with Crippen LogP contribution in [0.1, 0.15) is 30.3 Å². The van der Waals surface area contributed by atoms with E-state index < -0.39 is 36.0 Å². The molecule has 0 saturated carbocycles. The van der Waals surface area contributed by atoms with Crippen molar-refractivity contribution in [3.63, 3.8) is 0 Å². The number of Topliss-reactive ketones (excluding diaryl/α,β-unsaturated/α-hetero) is 1. The summed E-state index contributed by atoms with van der Waals surface area (Å²) >= 11 is 1.62. The van der Waals surface area contributed by atoms with Crippen molar-refractivity contribution in [2.75, 3.05) is 4.90 Å². The number of benzene rings is 2. The number of halogens is 2. The predicted molar refractivity (Wildman–Crippen MR) is 127 cm³/mol. The Morgan fingerprint density at radius 2 is 1.76 bits per heavy atom. The van der Waals surface area contributed by atoms with Crippen molar-refractivity contribution in [2.24, 2.45) is 5.92 Å². The minimum atomic E-state index is -3.10. The van der Waals surface area contributed by atoms with Gasteiger partial charge in [-0.2, -0.15) is 8.78 Å². The average Bonchev–Trinajstić information content (AvgIpc) is 3.34. The highest BCUT2D eigenvalue weighted by atomic mass is 32.1. The number of hydrogen-bond donors (Lipinski definition) is 1. The van der Waals surface area contributed by atoms with E-state index in [9.17, 15) is 23.5 Å². The van der Waals surface area contributed by atoms with Gasteiger partial charge in [0.25, 0.3) is 5.91 Å². The second kappa shape index (κ2) is 9.38. The second-order valence-electron chi connectivity index (χ2n) is 8.27. The molecule has 1 N–H and O–H groups in total. The maximum atomic E-state index is 13.2. The van der Waals surface area contributed by atoms with Gasteiger partial charge in [0.2, 0.25) is 0 Å². The van der Waals surface area contributed by atoms with Crippen molar-refractivity contribution >= 4 is 28.7 Å². The molecule has 2 aromatic carbocycles. The third-order valence-corrected chi connectivity index (χ3v) is 6.50. The number of ether oxygens (including phenoxy) is 1. The Kier molecular flexibility index (Phi) is 6.52. The molecule has 0 fully saturated rings. The summed E-state index contributed by atoms with van der Waals surface area (Å²) in [5, 5.41) is 12.8. The maximum absolute atomic E-state index is 13.2. The summed E-state index contributed by atoms with van der Waals surface area (Å²) < 4.78 is 30.9. The summed E-state index contributed by atoms with van der Waals surface area (Å²) in [6.07, 6.45) is 0. The van der Waals surface area contributed by atoms with Gasteiger partial charge in [-0.05, 0) is 47.7 Å². The molecule has 1 atom stereocenters. The van der Waals surface area contributed by atoms with Gasteiger partial charge in [0, 0.05) is 22.0 Å². The van der Waals surface area contributed by atoms with E-state index in [1.54, 1.807) is 43.4 Å². The van der Waals surface area contributed by atoms with Crippen LogP contribution >= 0.6 is 11.3 Å². The van der Waals surface area contributed by atoms with Gasteiger partial charge in [0.15, 0.2) is 11.5 Å². The summed E-state index contributed by atoms with van der Waals surface area (Å²) in [5.41, 5.74) is 2.43. The van der Waals surface area contributed by atoms with E-state index in [0.717, 1.165) is 16.0 Å². The van der Waals surface area contributed by atoms with Crippen molar-refractivity contribution in [1.29, 1.82) is 0 Å². The highest BCUT2D eigenvalue weighted by Gasteiger charge is 2.46. The van der Waals surface area contributed by atoms with Gasteiger partial charge in [-0.15, -0.1) is 11.3 Å². The van der Waals surface area contributed by atoms with Crippen LogP contribution in [0.4, 0.5) is 14.5 Å². The van der Waals surface area contributed by atoms with E-state index in [-0.39, 0.29) is 16.9 Å². The molecule has 3 aromatic rings. The number of anilines is 1. The SMILES string of the molecule is Cc1cc(-c2ccc(N3C(=O)C(O)=C(C(=O)C(C)C)C3c3ccccc3OC(F)F)cc2)cs1. The highest BCUT2D eigenvalue weighted by molar-refractivity contribution is 7.10. The number of ketones is 1. The Labute approximate surface area is 199 Å². The predicted octanol–water partition coefficient (Wildman–Crippen LogP) is 6.45. The normalized spacial score (nSPS) is 16.1. The Morgan fingerprint density at radius 1 is 1.09 bits per heavy atom. The number of thiophene rings is 1. The molecule has 2 heterocycles. The number of aliphatic hydroxyl groups excluding tert-OH is 1. The molecule has 176 valence electrons. The van der Waals surface area contributed by atoms with Crippen LogP contribution in [0, 0.1) is 12.8 Å². The lowest BCUT2D eigenvalue weighted by atomic mass is 9.90. The summed E-state index contributed by atoms with van der Waals surface area (Å²) in [4.78, 5) is 28.7. The monoisotopic (exact) mass is 483 g/mol. The van der Waals surface area contributed by atoms with E-state index in [0.29, 0.717) is 5.69 Å². The first-order chi connectivity index (χ1) is 16.2. The molecule has 1 amide bonds. The number of rotatable bonds is 7. The Hall–Kier alpha value is -3.52. The number of para-hydroxylation sites is 1. The molecule has 4 rings (SSSR count). The molecule has 1 unspecified atom stereocenters. The minimum Gasteiger partial charge on any atom is -0.503 e. The summed E-state index contributed by atoms with van der Waals surface area (Å²) in [7, 11) is 0. The van der Waals surface area contributed by atoms with Gasteiger partial charge in [-0.3, -0.25) is 14.5 Å². The summed E-state index contributed by atoms with van der Waals surface area (Å²) in [6, 6.07) is 14.0. The zero-order valence-corrected chi connectivity index (χ0v) is 19.6. The smallest absolute Gasteiger partial charge is 0.387 e. The van der Waals surface area contributed by atoms with Crippen LogP contribution in [-0.2, 0) is 9.59 Å². The molecule has 0 radical (unpaired) electrons. The number of aliphatic hydroxyl groups is 1. The van der Waals surface area contributed by atoms with Crippen molar-refractivity contribution in [2.45, 2.75) is 33.4 Å². The van der Waals surface area contributed by atoms with Crippen molar-refractivity contribution in [1.82, 2.24) is 0 Å². The molecule has 1 aromatic heterocycles.